The van der Waals surface area contributed by atoms with Gasteiger partial charge in [-0.2, -0.15) is 0 Å². The van der Waals surface area contributed by atoms with Crippen molar-refractivity contribution in [3.8, 4) is 0 Å². The maximum Gasteiger partial charge on any atom is 0.307 e. The monoisotopic (exact) mass is 250 g/mol. The van der Waals surface area contributed by atoms with Crippen LogP contribution in [0.4, 0.5) is 0 Å². The molecule has 0 fully saturated rings. The first-order valence-electron chi connectivity index (χ1n) is 5.83. The van der Waals surface area contributed by atoms with E-state index in [-0.39, 0.29) is 12.3 Å². The van der Waals surface area contributed by atoms with Crippen molar-refractivity contribution in [2.45, 2.75) is 20.4 Å². The quantitative estimate of drug-likeness (QED) is 0.787. The molecule has 0 saturated heterocycles. The van der Waals surface area contributed by atoms with E-state index in [1.165, 1.54) is 6.92 Å². The number of pyridine rings is 1. The highest BCUT2D eigenvalue weighted by Crippen LogP contribution is 2.06. The topological polar surface area (TPSA) is 70.5 Å². The lowest BCUT2D eigenvalue weighted by Gasteiger charge is -2.22. The van der Waals surface area contributed by atoms with E-state index in [1.807, 2.05) is 23.1 Å². The molecule has 1 heterocycles. The van der Waals surface area contributed by atoms with Crippen molar-refractivity contribution in [2.24, 2.45) is 5.92 Å². The summed E-state index contributed by atoms with van der Waals surface area (Å²) in [7, 11) is 0. The highest BCUT2D eigenvalue weighted by molar-refractivity contribution is 5.77. The van der Waals surface area contributed by atoms with Crippen LogP contribution in [0.25, 0.3) is 0 Å². The van der Waals surface area contributed by atoms with Crippen LogP contribution in [0.1, 0.15) is 19.5 Å². The van der Waals surface area contributed by atoms with Crippen molar-refractivity contribution in [2.75, 3.05) is 13.1 Å². The Morgan fingerprint density at radius 2 is 2.17 bits per heavy atom. The van der Waals surface area contributed by atoms with Crippen LogP contribution in [-0.4, -0.2) is 39.8 Å². The van der Waals surface area contributed by atoms with Gasteiger partial charge in [-0.15, -0.1) is 0 Å². The highest BCUT2D eigenvalue weighted by Gasteiger charge is 2.17. The molecule has 0 radical (unpaired) electrons. The molecule has 98 valence electrons. The molecule has 1 atom stereocenters. The predicted octanol–water partition coefficient (Wildman–Crippen LogP) is 1.19. The third kappa shape index (κ3) is 5.05. The van der Waals surface area contributed by atoms with Gasteiger partial charge in [-0.1, -0.05) is 13.0 Å². The van der Waals surface area contributed by atoms with E-state index in [2.05, 4.69) is 4.98 Å². The normalized spacial score (nSPS) is 12.4. The van der Waals surface area contributed by atoms with E-state index in [0.717, 1.165) is 5.69 Å². The summed E-state index contributed by atoms with van der Waals surface area (Å²) >= 11 is 0. The van der Waals surface area contributed by atoms with Gasteiger partial charge in [0.1, 0.15) is 5.78 Å². The minimum Gasteiger partial charge on any atom is -0.481 e. The van der Waals surface area contributed by atoms with E-state index in [0.29, 0.717) is 13.1 Å². The average molecular weight is 250 g/mol. The van der Waals surface area contributed by atoms with Crippen LogP contribution < -0.4 is 0 Å². The Morgan fingerprint density at radius 3 is 2.67 bits per heavy atom. The van der Waals surface area contributed by atoms with Crippen LogP contribution in [0.2, 0.25) is 0 Å². The Morgan fingerprint density at radius 1 is 1.44 bits per heavy atom. The number of hydrogen-bond donors (Lipinski definition) is 1. The molecule has 1 N–H and O–H groups in total. The van der Waals surface area contributed by atoms with Crippen LogP contribution in [0.3, 0.4) is 0 Å². The van der Waals surface area contributed by atoms with Crippen molar-refractivity contribution >= 4 is 11.8 Å². The average Bonchev–Trinajstić information content (AvgIpc) is 2.29. The van der Waals surface area contributed by atoms with Gasteiger partial charge in [-0.3, -0.25) is 19.5 Å². The van der Waals surface area contributed by atoms with Gasteiger partial charge in [0.2, 0.25) is 0 Å². The minimum atomic E-state index is -0.857. The Hall–Kier alpha value is -1.75. The zero-order valence-corrected chi connectivity index (χ0v) is 10.7. The largest absolute Gasteiger partial charge is 0.481 e. The summed E-state index contributed by atoms with van der Waals surface area (Å²) in [5.41, 5.74) is 0.830. The summed E-state index contributed by atoms with van der Waals surface area (Å²) in [6, 6.07) is 5.55. The van der Waals surface area contributed by atoms with Crippen LogP contribution in [-0.2, 0) is 16.1 Å². The zero-order valence-electron chi connectivity index (χ0n) is 10.7. The second kappa shape index (κ2) is 6.86. The molecule has 0 spiro atoms. The number of carboxylic acid groups (broad SMARTS) is 1. The Bertz CT molecular complexity index is 406. The van der Waals surface area contributed by atoms with Crippen molar-refractivity contribution in [1.29, 1.82) is 0 Å². The molecule has 5 heteroatoms. The fourth-order valence-electron chi connectivity index (χ4n) is 1.69. The predicted molar refractivity (Wildman–Crippen MR) is 67.0 cm³/mol. The first-order chi connectivity index (χ1) is 8.49. The second-order valence-electron chi connectivity index (χ2n) is 4.43. The number of aliphatic carboxylic acids is 1. The van der Waals surface area contributed by atoms with Crippen LogP contribution in [0.5, 0.6) is 0 Å². The number of rotatable bonds is 7. The van der Waals surface area contributed by atoms with Crippen LogP contribution in [0.15, 0.2) is 24.4 Å². The van der Waals surface area contributed by atoms with Crippen molar-refractivity contribution in [3.05, 3.63) is 30.1 Å². The van der Waals surface area contributed by atoms with Gasteiger partial charge in [0, 0.05) is 19.3 Å². The molecule has 1 rings (SSSR count). The number of Topliss-reactive ketones (excluding diaryl/α,β-unsaturated/α-hetero) is 1. The number of ketones is 1. The van der Waals surface area contributed by atoms with E-state index in [4.69, 9.17) is 5.11 Å². The van der Waals surface area contributed by atoms with Crippen molar-refractivity contribution in [3.63, 3.8) is 0 Å². The maximum atomic E-state index is 11.2. The van der Waals surface area contributed by atoms with Gasteiger partial charge in [-0.05, 0) is 19.1 Å². The third-order valence-electron chi connectivity index (χ3n) is 2.51. The van der Waals surface area contributed by atoms with Gasteiger partial charge in [0.05, 0.1) is 18.2 Å². The lowest BCUT2D eigenvalue weighted by Crippen LogP contribution is -2.35. The molecule has 0 aromatic carbocycles. The number of carbonyl (C=O) groups excluding carboxylic acids is 1. The molecule has 0 aliphatic carbocycles. The van der Waals surface area contributed by atoms with Gasteiger partial charge in [0.15, 0.2) is 0 Å². The number of nitrogens with zero attached hydrogens (tertiary/aromatic N) is 2. The SMILES string of the molecule is CC(=O)CN(Cc1ccccn1)CC(C)C(=O)O. The molecule has 0 amide bonds. The molecule has 0 bridgehead atoms. The van der Waals surface area contributed by atoms with E-state index in [9.17, 15) is 9.59 Å². The Kier molecular flexibility index (Phi) is 5.45. The third-order valence-corrected chi connectivity index (χ3v) is 2.51. The van der Waals surface area contributed by atoms with Gasteiger partial charge in [0.25, 0.3) is 0 Å². The zero-order chi connectivity index (χ0) is 13.5. The van der Waals surface area contributed by atoms with Crippen LogP contribution >= 0.6 is 0 Å². The highest BCUT2D eigenvalue weighted by atomic mass is 16.4. The summed E-state index contributed by atoms with van der Waals surface area (Å²) in [5.74, 6) is -1.35. The Labute approximate surface area is 106 Å². The molecule has 1 aromatic rings. The first-order valence-corrected chi connectivity index (χ1v) is 5.83. The molecule has 1 unspecified atom stereocenters. The van der Waals surface area contributed by atoms with Crippen molar-refractivity contribution in [1.82, 2.24) is 9.88 Å². The summed E-state index contributed by atoms with van der Waals surface area (Å²) in [6.45, 7) is 4.20. The molecule has 0 saturated carbocycles. The second-order valence-corrected chi connectivity index (χ2v) is 4.43. The molecule has 1 aromatic heterocycles. The lowest BCUT2D eigenvalue weighted by atomic mass is 10.1. The summed E-state index contributed by atoms with van der Waals surface area (Å²) in [5, 5.41) is 8.90. The molecular formula is C13H18N2O3. The van der Waals surface area contributed by atoms with E-state index in [1.54, 1.807) is 13.1 Å². The standard InChI is InChI=1S/C13H18N2O3/c1-10(13(17)18)7-15(8-11(2)16)9-12-5-3-4-6-14-12/h3-6,10H,7-9H2,1-2H3,(H,17,18). The number of hydrogen-bond acceptors (Lipinski definition) is 4. The number of carbonyl (C=O) groups is 2. The first kappa shape index (κ1) is 14.3. The number of aromatic nitrogens is 1. The van der Waals surface area contributed by atoms with E-state index >= 15 is 0 Å². The molecule has 0 aliphatic rings. The summed E-state index contributed by atoms with van der Waals surface area (Å²) in [6.07, 6.45) is 1.68. The maximum absolute atomic E-state index is 11.2. The molecular weight excluding hydrogens is 232 g/mol. The molecule has 18 heavy (non-hydrogen) atoms. The van der Waals surface area contributed by atoms with Crippen LogP contribution in [0, 0.1) is 5.92 Å². The Balaban J connectivity index is 2.66. The number of carboxylic acids is 1. The summed E-state index contributed by atoms with van der Waals surface area (Å²) in [4.78, 5) is 28.0. The summed E-state index contributed by atoms with van der Waals surface area (Å²) < 4.78 is 0. The van der Waals surface area contributed by atoms with E-state index < -0.39 is 11.9 Å². The minimum absolute atomic E-state index is 0.0171. The van der Waals surface area contributed by atoms with Gasteiger partial charge in [-0.25, -0.2) is 0 Å². The fraction of sp³-hybridized carbons (Fsp3) is 0.462. The molecule has 5 nitrogen and oxygen atoms in total. The van der Waals surface area contributed by atoms with Crippen molar-refractivity contribution < 1.29 is 14.7 Å². The van der Waals surface area contributed by atoms with Gasteiger partial charge >= 0.3 is 5.97 Å². The lowest BCUT2D eigenvalue weighted by molar-refractivity contribution is -0.142. The van der Waals surface area contributed by atoms with Gasteiger partial charge < -0.3 is 5.11 Å². The fourth-order valence-corrected chi connectivity index (χ4v) is 1.69. The molecule has 0 aliphatic heterocycles. The smallest absolute Gasteiger partial charge is 0.307 e.